The summed E-state index contributed by atoms with van der Waals surface area (Å²) in [6.07, 6.45) is 5.43. The minimum Gasteiger partial charge on any atom is -0.465 e. The smallest absolute Gasteiger partial charge is 0.333 e. The van der Waals surface area contributed by atoms with Crippen molar-refractivity contribution in [3.8, 4) is 0 Å². The average molecular weight is 631 g/mol. The third-order valence-electron chi connectivity index (χ3n) is 14.7. The van der Waals surface area contributed by atoms with Crippen molar-refractivity contribution in [1.29, 1.82) is 0 Å². The van der Waals surface area contributed by atoms with Gasteiger partial charge in [-0.15, -0.1) is 0 Å². The number of aliphatic hydroxyl groups excluding tert-OH is 4. The standard InChI is InChI=1S/C37H58O8/c1-10-21(2)31(43)45-30-29(42)37(20-44-22(3)39)24(17-32(30,4)5)23-11-12-26-33(6)15-14-27(40)34(7,19-38)25(33)13-16-35(26,8)36(23,9)18-28(37)41/h10-11,24-30,38,40-42H,12-20H2,1-9H3/b21-10-/t24-,25+,26+,27-,28+,29-,30?,33-,34+,35+,36+,37-/m0/s1. The molecule has 8 nitrogen and oxygen atoms in total. The molecular formula is C37H58O8. The van der Waals surface area contributed by atoms with Crippen LogP contribution in [0, 0.1) is 50.2 Å². The lowest BCUT2D eigenvalue weighted by atomic mass is 9.33. The molecule has 5 rings (SSSR count). The summed E-state index contributed by atoms with van der Waals surface area (Å²) < 4.78 is 11.7. The van der Waals surface area contributed by atoms with Crippen molar-refractivity contribution in [1.82, 2.24) is 0 Å². The third kappa shape index (κ3) is 4.66. The van der Waals surface area contributed by atoms with E-state index in [1.54, 1.807) is 19.9 Å². The normalized spacial score (nSPS) is 49.0. The second kappa shape index (κ2) is 11.2. The number of fused-ring (bicyclic) bond motifs is 7. The molecule has 5 aliphatic carbocycles. The summed E-state index contributed by atoms with van der Waals surface area (Å²) in [5.41, 5.74) is -1.45. The highest BCUT2D eigenvalue weighted by Crippen LogP contribution is 2.75. The van der Waals surface area contributed by atoms with Crippen LogP contribution < -0.4 is 0 Å². The summed E-state index contributed by atoms with van der Waals surface area (Å²) in [5.74, 6) is -0.828. The molecule has 0 amide bonds. The Morgan fingerprint density at radius 1 is 0.956 bits per heavy atom. The maximum absolute atomic E-state index is 13.0. The first-order valence-electron chi connectivity index (χ1n) is 17.1. The molecule has 0 aliphatic heterocycles. The lowest BCUT2D eigenvalue weighted by Gasteiger charge is -2.72. The van der Waals surface area contributed by atoms with Gasteiger partial charge in [-0.3, -0.25) is 4.79 Å². The van der Waals surface area contributed by atoms with Crippen LogP contribution in [-0.4, -0.2) is 70.0 Å². The maximum atomic E-state index is 13.0. The minimum atomic E-state index is -1.26. The molecule has 0 aromatic carbocycles. The molecule has 0 spiro atoms. The summed E-state index contributed by atoms with van der Waals surface area (Å²) in [6.45, 7) is 17.7. The van der Waals surface area contributed by atoms with Gasteiger partial charge < -0.3 is 29.9 Å². The second-order valence-corrected chi connectivity index (χ2v) is 17.1. The Morgan fingerprint density at radius 3 is 2.22 bits per heavy atom. The lowest BCUT2D eigenvalue weighted by Crippen LogP contribution is -2.72. The monoisotopic (exact) mass is 630 g/mol. The molecule has 1 unspecified atom stereocenters. The second-order valence-electron chi connectivity index (χ2n) is 17.1. The summed E-state index contributed by atoms with van der Waals surface area (Å²) in [5, 5.41) is 46.3. The molecule has 0 bridgehead atoms. The van der Waals surface area contributed by atoms with Crippen LogP contribution >= 0.6 is 0 Å². The van der Waals surface area contributed by atoms with Gasteiger partial charge in [0.1, 0.15) is 18.8 Å². The molecule has 5 aliphatic rings. The van der Waals surface area contributed by atoms with E-state index >= 15 is 0 Å². The SMILES string of the molecule is C/C=C(/C)C(=O)OC1[C@H](O)[C@]2(COC(C)=O)[C@H](O)C[C@]3(C)C(=CC[C@@H]4[C@@]5(C)CC[C@H](O)[C@](C)(CO)[C@@H]5CC[C@]43C)[C@@H]2CC1(C)C. The molecule has 4 fully saturated rings. The Hall–Kier alpha value is -1.74. The van der Waals surface area contributed by atoms with Gasteiger partial charge in [0, 0.05) is 23.3 Å². The fourth-order valence-corrected chi connectivity index (χ4v) is 11.7. The summed E-state index contributed by atoms with van der Waals surface area (Å²) in [7, 11) is 0. The number of esters is 2. The van der Waals surface area contributed by atoms with E-state index in [1.807, 2.05) is 13.8 Å². The predicted molar refractivity (Wildman–Crippen MR) is 171 cm³/mol. The number of allylic oxidation sites excluding steroid dienone is 3. The quantitative estimate of drug-likeness (QED) is 0.187. The zero-order valence-corrected chi connectivity index (χ0v) is 29.0. The number of carbonyl (C=O) groups excluding carboxylic acids is 2. The van der Waals surface area contributed by atoms with Gasteiger partial charge in [-0.1, -0.05) is 59.3 Å². The molecule has 254 valence electrons. The number of aliphatic hydroxyl groups is 4. The van der Waals surface area contributed by atoms with E-state index in [0.29, 0.717) is 24.8 Å². The maximum Gasteiger partial charge on any atom is 0.333 e. The van der Waals surface area contributed by atoms with Crippen LogP contribution in [0.1, 0.15) is 107 Å². The number of hydrogen-bond acceptors (Lipinski definition) is 8. The van der Waals surface area contributed by atoms with Crippen molar-refractivity contribution >= 4 is 11.9 Å². The topological polar surface area (TPSA) is 134 Å². The van der Waals surface area contributed by atoms with Crippen LogP contribution in [0.25, 0.3) is 0 Å². The van der Waals surface area contributed by atoms with Crippen molar-refractivity contribution in [3.63, 3.8) is 0 Å². The molecule has 0 aromatic rings. The lowest BCUT2D eigenvalue weighted by molar-refractivity contribution is -0.264. The number of ether oxygens (including phenoxy) is 2. The van der Waals surface area contributed by atoms with Gasteiger partial charge in [0.25, 0.3) is 0 Å². The number of hydrogen-bond donors (Lipinski definition) is 4. The average Bonchev–Trinajstić information content (AvgIpc) is 2.96. The van der Waals surface area contributed by atoms with Crippen molar-refractivity contribution in [2.24, 2.45) is 50.2 Å². The summed E-state index contributed by atoms with van der Waals surface area (Å²) in [6, 6.07) is 0. The van der Waals surface area contributed by atoms with Crippen molar-refractivity contribution in [3.05, 3.63) is 23.3 Å². The van der Waals surface area contributed by atoms with Crippen LogP contribution in [-0.2, 0) is 19.1 Å². The van der Waals surface area contributed by atoms with E-state index in [-0.39, 0.29) is 41.8 Å². The van der Waals surface area contributed by atoms with Gasteiger partial charge in [0.05, 0.1) is 24.2 Å². The Labute approximate surface area is 269 Å². The van der Waals surface area contributed by atoms with Crippen molar-refractivity contribution in [2.75, 3.05) is 13.2 Å². The molecule has 45 heavy (non-hydrogen) atoms. The molecule has 4 saturated carbocycles. The minimum absolute atomic E-state index is 0.0397. The summed E-state index contributed by atoms with van der Waals surface area (Å²) in [4.78, 5) is 25.2. The molecule has 0 saturated heterocycles. The number of carbonyl (C=O) groups is 2. The van der Waals surface area contributed by atoms with Crippen LogP contribution in [0.15, 0.2) is 23.3 Å². The van der Waals surface area contributed by atoms with Crippen molar-refractivity contribution < 1.29 is 39.5 Å². The third-order valence-corrected chi connectivity index (χ3v) is 14.7. The van der Waals surface area contributed by atoms with Gasteiger partial charge in [-0.05, 0) is 92.8 Å². The summed E-state index contributed by atoms with van der Waals surface area (Å²) >= 11 is 0. The van der Waals surface area contributed by atoms with Gasteiger partial charge in [-0.25, -0.2) is 4.79 Å². The van der Waals surface area contributed by atoms with E-state index in [1.165, 1.54) is 12.5 Å². The molecule has 12 atom stereocenters. The largest absolute Gasteiger partial charge is 0.465 e. The highest BCUT2D eigenvalue weighted by atomic mass is 16.6. The van der Waals surface area contributed by atoms with Gasteiger partial charge in [0.2, 0.25) is 0 Å². The van der Waals surface area contributed by atoms with Crippen LogP contribution in [0.5, 0.6) is 0 Å². The van der Waals surface area contributed by atoms with Crippen LogP contribution in [0.3, 0.4) is 0 Å². The van der Waals surface area contributed by atoms with E-state index in [9.17, 15) is 30.0 Å². The van der Waals surface area contributed by atoms with E-state index < -0.39 is 58.0 Å². The molecular weight excluding hydrogens is 572 g/mol. The van der Waals surface area contributed by atoms with Gasteiger partial charge in [-0.2, -0.15) is 0 Å². The van der Waals surface area contributed by atoms with Crippen LogP contribution in [0.2, 0.25) is 0 Å². The Kier molecular flexibility index (Phi) is 8.58. The first kappa shape index (κ1) is 34.6. The Balaban J connectivity index is 1.62. The molecule has 4 N–H and O–H groups in total. The zero-order valence-electron chi connectivity index (χ0n) is 29.0. The first-order valence-corrected chi connectivity index (χ1v) is 17.1. The van der Waals surface area contributed by atoms with Crippen LogP contribution in [0.4, 0.5) is 0 Å². The van der Waals surface area contributed by atoms with E-state index in [0.717, 1.165) is 25.7 Å². The van der Waals surface area contributed by atoms with Crippen molar-refractivity contribution in [2.45, 2.75) is 132 Å². The van der Waals surface area contributed by atoms with Gasteiger partial charge >= 0.3 is 11.9 Å². The van der Waals surface area contributed by atoms with E-state index in [2.05, 4.69) is 33.8 Å². The number of rotatable bonds is 5. The predicted octanol–water partition coefficient (Wildman–Crippen LogP) is 5.11. The molecule has 0 heterocycles. The molecule has 0 aromatic heterocycles. The zero-order chi connectivity index (χ0) is 33.5. The first-order chi connectivity index (χ1) is 20.8. The highest BCUT2D eigenvalue weighted by Gasteiger charge is 2.73. The Morgan fingerprint density at radius 2 is 1.62 bits per heavy atom. The van der Waals surface area contributed by atoms with E-state index in [4.69, 9.17) is 9.47 Å². The highest BCUT2D eigenvalue weighted by molar-refractivity contribution is 5.87. The van der Waals surface area contributed by atoms with Gasteiger partial charge in [0.15, 0.2) is 0 Å². The molecule has 8 heteroatoms. The fraction of sp³-hybridized carbons (Fsp3) is 0.838. The Bertz CT molecular complexity index is 1270. The molecule has 0 radical (unpaired) electrons. The fourth-order valence-electron chi connectivity index (χ4n) is 11.7.